The first-order valence-corrected chi connectivity index (χ1v) is 13.8. The van der Waals surface area contributed by atoms with E-state index in [1.54, 1.807) is 0 Å². The summed E-state index contributed by atoms with van der Waals surface area (Å²) in [5.41, 5.74) is 17.9. The third-order valence-electron chi connectivity index (χ3n) is 8.82. The van der Waals surface area contributed by atoms with E-state index in [9.17, 15) is 0 Å². The number of hydrogen-bond acceptors (Lipinski definition) is 1. The molecule has 3 aromatic heterocycles. The summed E-state index contributed by atoms with van der Waals surface area (Å²) in [5.74, 6) is 0. The highest BCUT2D eigenvalue weighted by atomic mass is 15.0. The number of pyridine rings is 1. The molecule has 0 saturated carbocycles. The smallest absolute Gasteiger partial charge is 0.332 e. The van der Waals surface area contributed by atoms with Crippen LogP contribution in [0.3, 0.4) is 0 Å². The average Bonchev–Trinajstić information content (AvgIpc) is 3.39. The maximum atomic E-state index is 4.96. The second kappa shape index (κ2) is 7.63. The highest BCUT2D eigenvalue weighted by molar-refractivity contribution is 6.88. The molecule has 0 N–H and O–H groups in total. The Morgan fingerprint density at radius 1 is 0.615 bits per heavy atom. The lowest BCUT2D eigenvalue weighted by Crippen LogP contribution is -2.54. The van der Waals surface area contributed by atoms with Crippen molar-refractivity contribution in [2.75, 3.05) is 0 Å². The number of fused-ring (bicyclic) bond motifs is 8. The lowest BCUT2D eigenvalue weighted by molar-refractivity contribution is 1.16. The fourth-order valence-corrected chi connectivity index (χ4v) is 7.47. The van der Waals surface area contributed by atoms with Gasteiger partial charge in [0.15, 0.2) is 0 Å². The Labute approximate surface area is 228 Å². The second-order valence-electron chi connectivity index (χ2n) is 11.7. The molecule has 0 amide bonds. The lowest BCUT2D eigenvalue weighted by atomic mass is 9.47. The molecule has 0 fully saturated rings. The highest BCUT2D eigenvalue weighted by Gasteiger charge is 2.37. The van der Waals surface area contributed by atoms with Crippen molar-refractivity contribution in [2.24, 2.45) is 0 Å². The molecule has 0 unspecified atom stereocenters. The van der Waals surface area contributed by atoms with Crippen molar-refractivity contribution >= 4 is 61.5 Å². The molecule has 4 aromatic carbocycles. The van der Waals surface area contributed by atoms with Gasteiger partial charge in [-0.1, -0.05) is 59.2 Å². The van der Waals surface area contributed by atoms with Crippen LogP contribution in [0, 0.1) is 41.5 Å². The van der Waals surface area contributed by atoms with Crippen LogP contribution in [-0.2, 0) is 0 Å². The zero-order chi connectivity index (χ0) is 26.7. The molecule has 0 radical (unpaired) electrons. The molecule has 39 heavy (non-hydrogen) atoms. The second-order valence-corrected chi connectivity index (χ2v) is 11.7. The number of para-hydroxylation sites is 1. The van der Waals surface area contributed by atoms with E-state index in [4.69, 9.17) is 4.98 Å². The van der Waals surface area contributed by atoms with Crippen LogP contribution in [0.4, 0.5) is 0 Å². The number of aromatic nitrogens is 3. The summed E-state index contributed by atoms with van der Waals surface area (Å²) in [4.78, 5) is 4.96. The molecule has 0 saturated heterocycles. The number of nitrogens with zero attached hydrogens (tertiary/aromatic N) is 3. The number of rotatable bonds is 1. The third-order valence-corrected chi connectivity index (χ3v) is 8.82. The predicted molar refractivity (Wildman–Crippen MR) is 167 cm³/mol. The molecule has 0 atom stereocenters. The van der Waals surface area contributed by atoms with Crippen molar-refractivity contribution in [2.45, 2.75) is 41.5 Å². The summed E-state index contributed by atoms with van der Waals surface area (Å²) < 4.78 is 5.13. The van der Waals surface area contributed by atoms with Crippen molar-refractivity contribution in [1.29, 1.82) is 0 Å². The normalized spacial score (nSPS) is 12.8. The van der Waals surface area contributed by atoms with Gasteiger partial charge in [-0.05, 0) is 93.4 Å². The maximum Gasteiger partial charge on any atom is 0.332 e. The van der Waals surface area contributed by atoms with Crippen molar-refractivity contribution in [3.63, 3.8) is 0 Å². The Hall–Kier alpha value is -4.31. The lowest BCUT2D eigenvalue weighted by Gasteiger charge is -2.30. The topological polar surface area (TPSA) is 22.8 Å². The zero-order valence-electron chi connectivity index (χ0n) is 23.3. The minimum Gasteiger partial charge on any atom is -0.375 e. The highest BCUT2D eigenvalue weighted by Crippen LogP contribution is 2.38. The van der Waals surface area contributed by atoms with Gasteiger partial charge in [0, 0.05) is 39.1 Å². The van der Waals surface area contributed by atoms with E-state index < -0.39 is 0 Å². The SMILES string of the molecule is Cc1cc(C)c2c(c1)c1cc(C)cc(C)c1n2B1c2ccccc2-n2c3cc(C)cnc3c3ccc(C)c1c32. The summed E-state index contributed by atoms with van der Waals surface area (Å²) in [6, 6.07) is 25.3. The molecule has 8 rings (SSSR count). The van der Waals surface area contributed by atoms with Gasteiger partial charge in [0.25, 0.3) is 0 Å². The summed E-state index contributed by atoms with van der Waals surface area (Å²) in [6.45, 7) is 13.4. The Morgan fingerprint density at radius 2 is 1.28 bits per heavy atom. The number of aryl methyl sites for hydroxylation is 6. The van der Waals surface area contributed by atoms with E-state index in [2.05, 4.69) is 117 Å². The standard InChI is InChI=1S/C35H30BN3/c1-19-13-23(5)33-26(15-19)27-16-20(2)14-24(6)34(27)39(33)36-28-9-7-8-10-29(28)38-30-17-21(3)18-37-32(30)25-12-11-22(4)31(36)35(25)38/h7-18H,1-6H3. The van der Waals surface area contributed by atoms with E-state index in [1.165, 1.54) is 88.2 Å². The van der Waals surface area contributed by atoms with Crippen molar-refractivity contribution in [1.82, 2.24) is 14.0 Å². The van der Waals surface area contributed by atoms with Gasteiger partial charge in [0.05, 0.1) is 16.6 Å². The molecular weight excluding hydrogens is 473 g/mol. The molecule has 0 aliphatic carbocycles. The molecular formula is C35H30BN3. The Kier molecular flexibility index (Phi) is 4.43. The van der Waals surface area contributed by atoms with Crippen LogP contribution < -0.4 is 10.9 Å². The van der Waals surface area contributed by atoms with E-state index in [-0.39, 0.29) is 6.85 Å². The van der Waals surface area contributed by atoms with Crippen LogP contribution in [0.15, 0.2) is 72.9 Å². The van der Waals surface area contributed by atoms with Crippen LogP contribution in [0.2, 0.25) is 0 Å². The maximum absolute atomic E-state index is 4.96. The largest absolute Gasteiger partial charge is 0.375 e. The van der Waals surface area contributed by atoms with E-state index in [0.29, 0.717) is 0 Å². The van der Waals surface area contributed by atoms with Gasteiger partial charge in [-0.2, -0.15) is 0 Å². The van der Waals surface area contributed by atoms with Crippen molar-refractivity contribution in [3.05, 3.63) is 106 Å². The molecule has 0 bridgehead atoms. The molecule has 7 aromatic rings. The third kappa shape index (κ3) is 2.87. The van der Waals surface area contributed by atoms with Crippen LogP contribution in [0.1, 0.15) is 33.4 Å². The zero-order valence-corrected chi connectivity index (χ0v) is 23.3. The first kappa shape index (κ1) is 22.7. The predicted octanol–water partition coefficient (Wildman–Crippen LogP) is 7.10. The van der Waals surface area contributed by atoms with Gasteiger partial charge >= 0.3 is 6.85 Å². The fourth-order valence-electron chi connectivity index (χ4n) is 7.47. The minimum absolute atomic E-state index is 0.0469. The van der Waals surface area contributed by atoms with Gasteiger partial charge in [-0.25, -0.2) is 0 Å². The van der Waals surface area contributed by atoms with Gasteiger partial charge < -0.3 is 9.05 Å². The van der Waals surface area contributed by atoms with Crippen LogP contribution in [-0.4, -0.2) is 20.9 Å². The molecule has 4 heteroatoms. The van der Waals surface area contributed by atoms with Crippen molar-refractivity contribution < 1.29 is 0 Å². The minimum atomic E-state index is 0.0469. The fraction of sp³-hybridized carbons (Fsp3) is 0.171. The summed E-state index contributed by atoms with van der Waals surface area (Å²) in [5, 5.41) is 3.92. The molecule has 4 heterocycles. The van der Waals surface area contributed by atoms with E-state index in [0.717, 1.165) is 5.52 Å². The van der Waals surface area contributed by atoms with Gasteiger partial charge in [0.1, 0.15) is 0 Å². The summed E-state index contributed by atoms with van der Waals surface area (Å²) in [7, 11) is 0. The van der Waals surface area contributed by atoms with Gasteiger partial charge in [-0.15, -0.1) is 0 Å². The van der Waals surface area contributed by atoms with E-state index >= 15 is 0 Å². The van der Waals surface area contributed by atoms with Crippen LogP contribution in [0.5, 0.6) is 0 Å². The van der Waals surface area contributed by atoms with E-state index in [1.807, 2.05) is 6.20 Å². The Bertz CT molecular complexity index is 2130. The summed E-state index contributed by atoms with van der Waals surface area (Å²) >= 11 is 0. The van der Waals surface area contributed by atoms with Crippen molar-refractivity contribution in [3.8, 4) is 5.69 Å². The molecule has 1 aliphatic rings. The quantitative estimate of drug-likeness (QED) is 0.219. The van der Waals surface area contributed by atoms with Crippen LogP contribution >= 0.6 is 0 Å². The first-order chi connectivity index (χ1) is 18.8. The number of hydrogen-bond donors (Lipinski definition) is 0. The number of benzene rings is 4. The molecule has 188 valence electrons. The Balaban J connectivity index is 1.64. The Morgan fingerprint density at radius 3 is 1.97 bits per heavy atom. The average molecular weight is 503 g/mol. The molecule has 1 aliphatic heterocycles. The monoisotopic (exact) mass is 503 g/mol. The molecule has 3 nitrogen and oxygen atoms in total. The van der Waals surface area contributed by atoms with Crippen LogP contribution in [0.25, 0.3) is 49.4 Å². The first-order valence-electron chi connectivity index (χ1n) is 13.8. The molecule has 0 spiro atoms. The summed E-state index contributed by atoms with van der Waals surface area (Å²) in [6.07, 6.45) is 2.00. The van der Waals surface area contributed by atoms with Gasteiger partial charge in [-0.3, -0.25) is 4.98 Å². The van der Waals surface area contributed by atoms with Gasteiger partial charge in [0.2, 0.25) is 0 Å².